The van der Waals surface area contributed by atoms with Crippen molar-refractivity contribution >= 4 is 42.1 Å². The van der Waals surface area contributed by atoms with Crippen LogP contribution < -0.4 is 45.9 Å². The molecule has 0 saturated heterocycles. The minimum atomic E-state index is -0.614. The van der Waals surface area contributed by atoms with E-state index in [1.807, 2.05) is 24.3 Å². The highest BCUT2D eigenvalue weighted by molar-refractivity contribution is 5.94. The van der Waals surface area contributed by atoms with Crippen LogP contribution in [0, 0.1) is 0 Å². The van der Waals surface area contributed by atoms with Gasteiger partial charge in [0, 0.05) is 41.7 Å². The number of hydrazone groups is 1. The van der Waals surface area contributed by atoms with E-state index in [1.54, 1.807) is 68.6 Å². The molecule has 0 bridgehead atoms. The van der Waals surface area contributed by atoms with Crippen LogP contribution in [-0.2, 0) is 19.1 Å². The second-order valence-electron chi connectivity index (χ2n) is 13.7. The molecule has 0 spiro atoms. The molecule has 0 saturated carbocycles. The molecule has 0 amide bonds. The summed E-state index contributed by atoms with van der Waals surface area (Å²) in [6.07, 6.45) is 11.4. The minimum Gasteiger partial charge on any atom is -0.494 e. The number of nitrogens with zero attached hydrogens (tertiary/aromatic N) is 1. The molecule has 0 unspecified atom stereocenters. The molecule has 0 atom stereocenters. The Hall–Kier alpha value is -7.09. The number of hydrogen-bond acceptors (Lipinski definition) is 14. The van der Waals surface area contributed by atoms with Crippen LogP contribution in [0.4, 0.5) is 0 Å². The Morgan fingerprint density at radius 1 is 0.677 bits per heavy atom. The fourth-order valence-corrected chi connectivity index (χ4v) is 5.79. The zero-order chi connectivity index (χ0) is 44.4. The van der Waals surface area contributed by atoms with E-state index in [0.29, 0.717) is 66.9 Å². The molecule has 4 aromatic rings. The lowest BCUT2D eigenvalue weighted by Gasteiger charge is -2.12. The molecule has 4 aromatic carbocycles. The van der Waals surface area contributed by atoms with Crippen molar-refractivity contribution in [2.24, 2.45) is 10.8 Å². The number of hydrogen-bond donors (Lipinski definition) is 3. The molecule has 0 aliphatic rings. The fourth-order valence-electron chi connectivity index (χ4n) is 5.79. The number of carbonyl (C=O) groups is 4. The van der Waals surface area contributed by atoms with Gasteiger partial charge in [0.25, 0.3) is 0 Å². The smallest absolute Gasteiger partial charge is 0.343 e. The average Bonchev–Trinajstić information content (AvgIpc) is 3.30. The Balaban J connectivity index is 1.38. The summed E-state index contributed by atoms with van der Waals surface area (Å²) in [5.41, 5.74) is 9.77. The number of rotatable bonds is 26. The topological polar surface area (TPSA) is 186 Å². The summed E-state index contributed by atoms with van der Waals surface area (Å²) in [5.74, 6) is 0.337. The second-order valence-corrected chi connectivity index (χ2v) is 13.7. The van der Waals surface area contributed by atoms with Crippen LogP contribution in [0.5, 0.6) is 23.0 Å². The Morgan fingerprint density at radius 2 is 1.23 bits per heavy atom. The molecule has 14 nitrogen and oxygen atoms in total. The molecular weight excluding hydrogens is 793 g/mol. The second kappa shape index (κ2) is 26.9. The highest BCUT2D eigenvalue weighted by Gasteiger charge is 2.15. The van der Waals surface area contributed by atoms with Gasteiger partial charge in [-0.15, -0.1) is 0 Å². The first kappa shape index (κ1) is 47.6. The Labute approximate surface area is 362 Å². The van der Waals surface area contributed by atoms with Crippen LogP contribution >= 0.6 is 0 Å². The van der Waals surface area contributed by atoms with E-state index in [1.165, 1.54) is 24.5 Å². The number of nitrogens with one attached hydrogen (secondary N) is 2. The third kappa shape index (κ3) is 16.5. The van der Waals surface area contributed by atoms with E-state index >= 15 is 0 Å². The Kier molecular flexibility index (Phi) is 20.6. The molecule has 4 rings (SSSR count). The molecule has 62 heavy (non-hydrogen) atoms. The summed E-state index contributed by atoms with van der Waals surface area (Å²) < 4.78 is 33.3. The van der Waals surface area contributed by atoms with E-state index < -0.39 is 17.9 Å². The van der Waals surface area contributed by atoms with E-state index in [9.17, 15) is 19.2 Å². The lowest BCUT2D eigenvalue weighted by atomic mass is 10.2. The van der Waals surface area contributed by atoms with Crippen LogP contribution in [0.15, 0.2) is 109 Å². The van der Waals surface area contributed by atoms with Crippen molar-refractivity contribution in [3.63, 3.8) is 0 Å². The molecule has 14 heteroatoms. The van der Waals surface area contributed by atoms with Gasteiger partial charge in [-0.05, 0) is 118 Å². The monoisotopic (exact) mass is 848 g/mol. The third-order valence-corrected chi connectivity index (χ3v) is 9.19. The van der Waals surface area contributed by atoms with Gasteiger partial charge in [-0.2, -0.15) is 5.10 Å². The maximum Gasteiger partial charge on any atom is 0.343 e. The van der Waals surface area contributed by atoms with Crippen LogP contribution in [0.1, 0.15) is 91.0 Å². The van der Waals surface area contributed by atoms with Crippen molar-refractivity contribution in [2.75, 3.05) is 33.5 Å². The molecule has 0 aliphatic heterocycles. The van der Waals surface area contributed by atoms with Crippen molar-refractivity contribution < 1.29 is 47.6 Å². The highest BCUT2D eigenvalue weighted by Crippen LogP contribution is 2.26. The molecule has 328 valence electrons. The summed E-state index contributed by atoms with van der Waals surface area (Å²) in [6.45, 7) is 6.96. The van der Waals surface area contributed by atoms with E-state index in [0.717, 1.165) is 67.9 Å². The van der Waals surface area contributed by atoms with Crippen molar-refractivity contribution in [3.8, 4) is 23.0 Å². The average molecular weight is 849 g/mol. The summed E-state index contributed by atoms with van der Waals surface area (Å²) in [5, 5.41) is 9.04. The zero-order valence-electron chi connectivity index (χ0n) is 35.4. The number of nitrogens with two attached hydrogens (primary N) is 1. The predicted octanol–water partition coefficient (Wildman–Crippen LogP) is 6.29. The van der Waals surface area contributed by atoms with E-state index in [-0.39, 0.29) is 17.5 Å². The largest absolute Gasteiger partial charge is 0.494 e. The van der Waals surface area contributed by atoms with Gasteiger partial charge in [-0.3, -0.25) is 10.2 Å². The molecule has 4 N–H and O–H groups in total. The maximum absolute atomic E-state index is 13.4. The lowest BCUT2D eigenvalue weighted by molar-refractivity contribution is -0.143. The Morgan fingerprint density at radius 3 is 1.79 bits per heavy atom. The van der Waals surface area contributed by atoms with Crippen LogP contribution in [0.25, 0.3) is 12.0 Å². The summed E-state index contributed by atoms with van der Waals surface area (Å²) in [7, 11) is 1.74. The van der Waals surface area contributed by atoms with Crippen molar-refractivity contribution in [1.82, 2.24) is 10.7 Å². The summed E-state index contributed by atoms with van der Waals surface area (Å²) in [4.78, 5) is 48.9. The maximum atomic E-state index is 13.4. The van der Waals surface area contributed by atoms with Gasteiger partial charge in [0.1, 0.15) is 28.8 Å². The molecule has 0 fully saturated rings. The van der Waals surface area contributed by atoms with Crippen LogP contribution in [0.3, 0.4) is 0 Å². The number of ether oxygens (including phenoxy) is 6. The Bertz CT molecular complexity index is 2220. The lowest BCUT2D eigenvalue weighted by Crippen LogP contribution is -2.36. The molecule has 0 aliphatic carbocycles. The van der Waals surface area contributed by atoms with Crippen molar-refractivity contribution in [2.45, 2.75) is 64.7 Å². The summed E-state index contributed by atoms with van der Waals surface area (Å²) in [6, 6.07) is 25.4. The van der Waals surface area contributed by atoms with Gasteiger partial charge in [-0.25, -0.2) is 14.4 Å². The molecule has 0 radical (unpaired) electrons. The predicted molar refractivity (Wildman–Crippen MR) is 237 cm³/mol. The minimum absolute atomic E-state index is 0.171. The normalized spacial score (nSPS) is 11.6. The molecule has 0 heterocycles. The highest BCUT2D eigenvalue weighted by atomic mass is 16.5. The van der Waals surface area contributed by atoms with Gasteiger partial charge in [-0.1, -0.05) is 37.8 Å². The first-order valence-electron chi connectivity index (χ1n) is 20.7. The van der Waals surface area contributed by atoms with E-state index in [4.69, 9.17) is 34.2 Å². The van der Waals surface area contributed by atoms with Gasteiger partial charge in [0.15, 0.2) is 0 Å². The van der Waals surface area contributed by atoms with Gasteiger partial charge in [0.2, 0.25) is 0 Å². The third-order valence-electron chi connectivity index (χ3n) is 9.19. The van der Waals surface area contributed by atoms with Gasteiger partial charge >= 0.3 is 23.9 Å². The number of unbranched alkanes of at least 4 members (excludes halogenated alkanes) is 6. The quantitative estimate of drug-likeness (QED) is 0.0160. The number of esters is 4. The SMILES string of the molecule is C=CC(=O)OCCCCCCOc1ccc(C(=O)Oc2ccc(OC(=O)c3ccc(OCCCCCCOC(=O)CC)cc3)c(/C=N/N/C(NC)=c3\cccc\c3=C\N)c2)cc1. The summed E-state index contributed by atoms with van der Waals surface area (Å²) >= 11 is 0. The van der Waals surface area contributed by atoms with E-state index in [2.05, 4.69) is 22.4 Å². The van der Waals surface area contributed by atoms with Gasteiger partial charge in [0.05, 0.1) is 43.8 Å². The van der Waals surface area contributed by atoms with Crippen molar-refractivity contribution in [3.05, 3.63) is 131 Å². The first-order valence-corrected chi connectivity index (χ1v) is 20.7. The molecule has 0 aromatic heterocycles. The first-order chi connectivity index (χ1) is 30.2. The standard InChI is InChI=1S/C48H56N4O10/c1-4-44(53)59-30-14-8-6-12-28-57-39-22-18-35(19-23-39)47(55)61-41-26-27-43(38(32-41)34-51-52-46(50-3)42-17-11-10-16-37(42)33-49)62-48(56)36-20-24-40(25-21-36)58-29-13-7-9-15-31-60-45(54)5-2/h4,10-11,16-27,32-34,50,52H,1,5-9,12-15,28-31,49H2,2-3H3/b37-33-,46-42+,51-34+. The van der Waals surface area contributed by atoms with Crippen molar-refractivity contribution in [1.29, 1.82) is 0 Å². The number of benzene rings is 4. The number of carbonyl (C=O) groups excluding carboxylic acids is 4. The van der Waals surface area contributed by atoms with Gasteiger partial charge < -0.3 is 39.5 Å². The zero-order valence-corrected chi connectivity index (χ0v) is 35.4. The van der Waals surface area contributed by atoms with Crippen LogP contribution in [0.2, 0.25) is 0 Å². The molecular formula is C48H56N4O10. The van der Waals surface area contributed by atoms with Crippen LogP contribution in [-0.4, -0.2) is 63.6 Å². The fraction of sp³-hybridized carbons (Fsp3) is 0.312.